The van der Waals surface area contributed by atoms with Gasteiger partial charge in [-0.15, -0.1) is 22.7 Å². The summed E-state index contributed by atoms with van der Waals surface area (Å²) >= 11 is 8.17. The first-order valence-electron chi connectivity index (χ1n) is 9.88. The summed E-state index contributed by atoms with van der Waals surface area (Å²) in [5.74, 6) is -0.316. The van der Waals surface area contributed by atoms with E-state index in [0.717, 1.165) is 41.4 Å². The molecule has 162 valence electrons. The molecule has 2 heterocycles. The second-order valence-corrected chi connectivity index (χ2v) is 9.53. The van der Waals surface area contributed by atoms with Crippen LogP contribution >= 0.6 is 34.9 Å². The van der Waals surface area contributed by atoms with Gasteiger partial charge in [0.25, 0.3) is 0 Å². The standard InChI is InChI=1S/C20H25N3O4S3/c1-5-26-17(24)14-11(4)15(18(25)27-6-2)30-16(14)22-19(28)23-20-21-12-8-7-10(3)9-13(12)29-20/h10H,5-9H2,1-4H3,(H2,21,22,23,28)/t10-/m0/s1. The largest absolute Gasteiger partial charge is 0.462 e. The van der Waals surface area contributed by atoms with E-state index >= 15 is 0 Å². The number of hydrogen-bond acceptors (Lipinski definition) is 8. The van der Waals surface area contributed by atoms with Crippen LogP contribution in [0.4, 0.5) is 10.1 Å². The van der Waals surface area contributed by atoms with E-state index in [1.165, 1.54) is 4.88 Å². The van der Waals surface area contributed by atoms with E-state index in [1.807, 2.05) is 0 Å². The van der Waals surface area contributed by atoms with Crippen molar-refractivity contribution in [2.45, 2.75) is 47.0 Å². The minimum Gasteiger partial charge on any atom is -0.462 e. The van der Waals surface area contributed by atoms with Crippen LogP contribution in [0.3, 0.4) is 0 Å². The number of carbonyl (C=O) groups is 2. The molecule has 2 N–H and O–H groups in total. The van der Waals surface area contributed by atoms with Crippen LogP contribution in [0.1, 0.15) is 63.4 Å². The molecule has 10 heteroatoms. The number of aromatic nitrogens is 1. The fraction of sp³-hybridized carbons (Fsp3) is 0.500. The zero-order chi connectivity index (χ0) is 21.8. The Morgan fingerprint density at radius 1 is 1.17 bits per heavy atom. The second-order valence-electron chi connectivity index (χ2n) is 7.02. The molecule has 0 radical (unpaired) electrons. The van der Waals surface area contributed by atoms with Gasteiger partial charge in [0.15, 0.2) is 10.2 Å². The number of nitrogens with zero attached hydrogens (tertiary/aromatic N) is 1. The molecule has 0 aromatic carbocycles. The first-order chi connectivity index (χ1) is 14.3. The number of nitrogens with one attached hydrogen (secondary N) is 2. The quantitative estimate of drug-likeness (QED) is 0.463. The van der Waals surface area contributed by atoms with Crippen molar-refractivity contribution in [3.63, 3.8) is 0 Å². The van der Waals surface area contributed by atoms with Crippen molar-refractivity contribution in [3.05, 3.63) is 26.6 Å². The number of hydrogen-bond donors (Lipinski definition) is 2. The first-order valence-corrected chi connectivity index (χ1v) is 11.9. The molecule has 0 amide bonds. The van der Waals surface area contributed by atoms with Crippen LogP contribution in [0.2, 0.25) is 0 Å². The molecule has 0 saturated heterocycles. The Hall–Kier alpha value is -2.04. The van der Waals surface area contributed by atoms with Crippen LogP contribution in [-0.2, 0) is 22.3 Å². The molecule has 1 aliphatic rings. The Morgan fingerprint density at radius 3 is 2.57 bits per heavy atom. The van der Waals surface area contributed by atoms with Crippen LogP contribution in [0.25, 0.3) is 0 Å². The number of rotatable bonds is 6. The topological polar surface area (TPSA) is 89.5 Å². The normalized spacial score (nSPS) is 15.3. The van der Waals surface area contributed by atoms with Gasteiger partial charge in [-0.3, -0.25) is 0 Å². The molecule has 30 heavy (non-hydrogen) atoms. The highest BCUT2D eigenvalue weighted by molar-refractivity contribution is 7.80. The Bertz CT molecular complexity index is 967. The van der Waals surface area contributed by atoms with Gasteiger partial charge in [-0.05, 0) is 63.7 Å². The van der Waals surface area contributed by atoms with Gasteiger partial charge in [0.2, 0.25) is 0 Å². The summed E-state index contributed by atoms with van der Waals surface area (Å²) in [5.41, 5.74) is 1.94. The third-order valence-corrected chi connectivity index (χ3v) is 7.15. The van der Waals surface area contributed by atoms with Gasteiger partial charge in [0, 0.05) is 4.88 Å². The summed E-state index contributed by atoms with van der Waals surface area (Å²) in [5, 5.41) is 7.63. The van der Waals surface area contributed by atoms with Crippen LogP contribution in [0, 0.1) is 12.8 Å². The maximum atomic E-state index is 12.5. The lowest BCUT2D eigenvalue weighted by Gasteiger charge is -2.15. The fourth-order valence-electron chi connectivity index (χ4n) is 3.27. The Kier molecular flexibility index (Phi) is 7.43. The molecule has 0 bridgehead atoms. The summed E-state index contributed by atoms with van der Waals surface area (Å²) in [4.78, 5) is 31.1. The molecule has 3 rings (SSSR count). The van der Waals surface area contributed by atoms with E-state index in [9.17, 15) is 9.59 Å². The predicted molar refractivity (Wildman–Crippen MR) is 124 cm³/mol. The number of esters is 2. The number of thiocarbonyl (C=S) groups is 1. The lowest BCUT2D eigenvalue weighted by molar-refractivity contribution is 0.0527. The van der Waals surface area contributed by atoms with Crippen LogP contribution in [0.15, 0.2) is 0 Å². The van der Waals surface area contributed by atoms with Crippen molar-refractivity contribution in [2.24, 2.45) is 5.92 Å². The zero-order valence-electron chi connectivity index (χ0n) is 17.4. The van der Waals surface area contributed by atoms with E-state index in [4.69, 9.17) is 21.7 Å². The third-order valence-electron chi connectivity index (χ3n) is 4.72. The second kappa shape index (κ2) is 9.84. The highest BCUT2D eigenvalue weighted by Gasteiger charge is 2.27. The number of aryl methyl sites for hydroxylation is 1. The van der Waals surface area contributed by atoms with E-state index in [1.54, 1.807) is 32.1 Å². The van der Waals surface area contributed by atoms with Gasteiger partial charge < -0.3 is 20.1 Å². The number of carbonyl (C=O) groups excluding carboxylic acids is 2. The van der Waals surface area contributed by atoms with E-state index in [0.29, 0.717) is 32.0 Å². The van der Waals surface area contributed by atoms with Crippen molar-refractivity contribution in [3.8, 4) is 0 Å². The van der Waals surface area contributed by atoms with Crippen molar-refractivity contribution in [1.82, 2.24) is 4.98 Å². The summed E-state index contributed by atoms with van der Waals surface area (Å²) in [7, 11) is 0. The predicted octanol–water partition coefficient (Wildman–Crippen LogP) is 4.80. The number of fused-ring (bicyclic) bond motifs is 1. The minimum atomic E-state index is -0.509. The number of ether oxygens (including phenoxy) is 2. The van der Waals surface area contributed by atoms with Crippen LogP contribution in [-0.4, -0.2) is 35.2 Å². The Balaban J connectivity index is 1.80. The van der Waals surface area contributed by atoms with Gasteiger partial charge in [-0.1, -0.05) is 6.92 Å². The van der Waals surface area contributed by atoms with E-state index in [2.05, 4.69) is 22.5 Å². The third kappa shape index (κ3) is 4.98. The van der Waals surface area contributed by atoms with Crippen molar-refractivity contribution >= 4 is 62.1 Å². The molecular formula is C20H25N3O4S3. The zero-order valence-corrected chi connectivity index (χ0v) is 19.9. The lowest BCUT2D eigenvalue weighted by Crippen LogP contribution is -2.20. The van der Waals surface area contributed by atoms with E-state index < -0.39 is 11.9 Å². The molecule has 0 saturated carbocycles. The van der Waals surface area contributed by atoms with Gasteiger partial charge >= 0.3 is 11.9 Å². The summed E-state index contributed by atoms with van der Waals surface area (Å²) in [6, 6.07) is 0. The molecular weight excluding hydrogens is 442 g/mol. The van der Waals surface area contributed by atoms with Gasteiger partial charge in [0.1, 0.15) is 9.88 Å². The first kappa shape index (κ1) is 22.6. The summed E-state index contributed by atoms with van der Waals surface area (Å²) in [6.45, 7) is 7.90. The molecule has 1 aliphatic carbocycles. The average Bonchev–Trinajstić information content (AvgIpc) is 3.21. The van der Waals surface area contributed by atoms with E-state index in [-0.39, 0.29) is 13.2 Å². The number of anilines is 2. The maximum Gasteiger partial charge on any atom is 0.348 e. The highest BCUT2D eigenvalue weighted by atomic mass is 32.1. The molecule has 0 spiro atoms. The van der Waals surface area contributed by atoms with Gasteiger partial charge in [0.05, 0.1) is 24.5 Å². The monoisotopic (exact) mass is 467 g/mol. The van der Waals surface area contributed by atoms with Crippen molar-refractivity contribution in [2.75, 3.05) is 23.8 Å². The Morgan fingerprint density at radius 2 is 1.87 bits per heavy atom. The Labute approximate surface area is 189 Å². The van der Waals surface area contributed by atoms with Gasteiger partial charge in [-0.2, -0.15) is 0 Å². The summed E-state index contributed by atoms with van der Waals surface area (Å²) < 4.78 is 10.3. The molecule has 7 nitrogen and oxygen atoms in total. The average molecular weight is 468 g/mol. The van der Waals surface area contributed by atoms with Crippen LogP contribution in [0.5, 0.6) is 0 Å². The van der Waals surface area contributed by atoms with Gasteiger partial charge in [-0.25, -0.2) is 14.6 Å². The SMILES string of the molecule is CCOC(=O)c1sc(NC(=S)Nc2nc3c(s2)C[C@@H](C)CC3)c(C(=O)OCC)c1C. The van der Waals surface area contributed by atoms with Crippen molar-refractivity contribution in [1.29, 1.82) is 0 Å². The molecule has 0 unspecified atom stereocenters. The number of thiophene rings is 1. The summed E-state index contributed by atoms with van der Waals surface area (Å²) in [6.07, 6.45) is 3.16. The molecule has 2 aromatic heterocycles. The molecule has 0 fully saturated rings. The lowest BCUT2D eigenvalue weighted by atomic mass is 9.93. The van der Waals surface area contributed by atoms with Crippen LogP contribution < -0.4 is 10.6 Å². The highest BCUT2D eigenvalue weighted by Crippen LogP contribution is 2.35. The number of thiazole rings is 1. The van der Waals surface area contributed by atoms with Crippen molar-refractivity contribution < 1.29 is 19.1 Å². The molecule has 1 atom stereocenters. The smallest absolute Gasteiger partial charge is 0.348 e. The minimum absolute atomic E-state index is 0.230. The molecule has 2 aromatic rings. The maximum absolute atomic E-state index is 12.5. The fourth-order valence-corrected chi connectivity index (χ4v) is 5.86. The molecule has 0 aliphatic heterocycles.